The normalized spacial score (nSPS) is 14.1. The molecule has 94 valence electrons. The molecule has 0 saturated heterocycles. The van der Waals surface area contributed by atoms with Crippen LogP contribution in [0.4, 0.5) is 10.1 Å². The smallest absolute Gasteiger partial charge is 0.252 e. The maximum atomic E-state index is 13.3. The maximum Gasteiger partial charge on any atom is 0.252 e. The van der Waals surface area contributed by atoms with E-state index in [-0.39, 0.29) is 35.6 Å². The first-order valence-corrected chi connectivity index (χ1v) is 5.02. The lowest BCUT2D eigenvalue weighted by atomic mass is 10.1. The third-order valence-corrected chi connectivity index (χ3v) is 2.34. The van der Waals surface area contributed by atoms with Crippen LogP contribution in [0.25, 0.3) is 0 Å². The van der Waals surface area contributed by atoms with Gasteiger partial charge in [0.15, 0.2) is 5.96 Å². The number of rotatable bonds is 1. The molecule has 1 aromatic rings. The molecule has 18 heavy (non-hydrogen) atoms. The quantitative estimate of drug-likeness (QED) is 0.387. The van der Waals surface area contributed by atoms with E-state index in [0.29, 0.717) is 5.56 Å². The van der Waals surface area contributed by atoms with Crippen molar-refractivity contribution in [2.45, 2.75) is 6.54 Å². The molecule has 0 bridgehead atoms. The number of amides is 1. The van der Waals surface area contributed by atoms with Crippen LogP contribution in [0.1, 0.15) is 15.9 Å². The van der Waals surface area contributed by atoms with Crippen molar-refractivity contribution in [3.05, 3.63) is 29.1 Å². The van der Waals surface area contributed by atoms with Gasteiger partial charge in [0.25, 0.3) is 5.91 Å². The molecule has 1 amide bonds. The Morgan fingerprint density at radius 2 is 2.06 bits per heavy atom. The van der Waals surface area contributed by atoms with E-state index in [2.05, 4.69) is 15.3 Å². The number of nitrogens with zero attached hydrogens (tertiary/aromatic N) is 2. The van der Waals surface area contributed by atoms with Gasteiger partial charge in [0.2, 0.25) is 5.96 Å². The highest BCUT2D eigenvalue weighted by Crippen LogP contribution is 2.28. The van der Waals surface area contributed by atoms with Crippen molar-refractivity contribution in [1.29, 1.82) is 0 Å². The summed E-state index contributed by atoms with van der Waals surface area (Å²) in [5, 5.41) is 2.57. The van der Waals surface area contributed by atoms with E-state index in [9.17, 15) is 9.18 Å². The molecule has 0 aromatic heterocycles. The summed E-state index contributed by atoms with van der Waals surface area (Å²) >= 11 is 0. The minimum Gasteiger partial charge on any atom is -0.370 e. The number of hydrogen-bond acceptors (Lipinski definition) is 2. The molecule has 0 fully saturated rings. The Hall–Kier alpha value is -2.64. The molecule has 7 nitrogen and oxygen atoms in total. The highest BCUT2D eigenvalue weighted by Gasteiger charge is 2.23. The third kappa shape index (κ3) is 2.21. The highest BCUT2D eigenvalue weighted by molar-refractivity contribution is 6.00. The molecule has 1 aromatic carbocycles. The molecule has 0 saturated carbocycles. The summed E-state index contributed by atoms with van der Waals surface area (Å²) in [6.07, 6.45) is 0. The van der Waals surface area contributed by atoms with E-state index in [1.165, 1.54) is 0 Å². The van der Waals surface area contributed by atoms with Gasteiger partial charge in [-0.25, -0.2) is 9.38 Å². The number of guanidine groups is 2. The van der Waals surface area contributed by atoms with Gasteiger partial charge < -0.3 is 22.5 Å². The van der Waals surface area contributed by atoms with Gasteiger partial charge in [-0.05, 0) is 6.07 Å². The average Bonchev–Trinajstić information content (AvgIpc) is 2.59. The number of nitrogens with one attached hydrogen (secondary N) is 1. The molecular weight excluding hydrogens is 239 g/mol. The Morgan fingerprint density at radius 3 is 2.72 bits per heavy atom. The van der Waals surface area contributed by atoms with Crippen molar-refractivity contribution in [2.75, 3.05) is 0 Å². The van der Waals surface area contributed by atoms with E-state index in [1.807, 2.05) is 0 Å². The minimum atomic E-state index is -0.581. The Bertz CT molecular complexity index is 576. The topological polar surface area (TPSA) is 132 Å². The maximum absolute atomic E-state index is 13.3. The van der Waals surface area contributed by atoms with Crippen LogP contribution in [0.2, 0.25) is 0 Å². The fraction of sp³-hybridized carbons (Fsp3) is 0.100. The Kier molecular flexibility index (Phi) is 2.84. The Morgan fingerprint density at radius 1 is 1.33 bits per heavy atom. The third-order valence-electron chi connectivity index (χ3n) is 2.34. The lowest BCUT2D eigenvalue weighted by Gasteiger charge is -2.02. The molecule has 0 aliphatic carbocycles. The Balaban J connectivity index is 2.50. The van der Waals surface area contributed by atoms with Crippen LogP contribution in [0.15, 0.2) is 22.1 Å². The molecule has 1 heterocycles. The molecule has 0 spiro atoms. The van der Waals surface area contributed by atoms with Crippen LogP contribution in [0.3, 0.4) is 0 Å². The van der Waals surface area contributed by atoms with Gasteiger partial charge >= 0.3 is 0 Å². The predicted octanol–water partition coefficient (Wildman–Crippen LogP) is -0.711. The van der Waals surface area contributed by atoms with Crippen LogP contribution in [-0.4, -0.2) is 17.8 Å². The summed E-state index contributed by atoms with van der Waals surface area (Å²) in [4.78, 5) is 18.8. The molecule has 1 aliphatic rings. The zero-order valence-corrected chi connectivity index (χ0v) is 9.27. The van der Waals surface area contributed by atoms with Crippen molar-refractivity contribution in [3.8, 4) is 0 Å². The van der Waals surface area contributed by atoms with Crippen molar-refractivity contribution in [2.24, 2.45) is 27.2 Å². The monoisotopic (exact) mass is 250 g/mol. The van der Waals surface area contributed by atoms with E-state index in [0.717, 1.165) is 12.1 Å². The lowest BCUT2D eigenvalue weighted by Crippen LogP contribution is -2.26. The second kappa shape index (κ2) is 4.32. The van der Waals surface area contributed by atoms with E-state index >= 15 is 0 Å². The first kappa shape index (κ1) is 11.8. The van der Waals surface area contributed by atoms with Gasteiger partial charge in [0, 0.05) is 23.7 Å². The van der Waals surface area contributed by atoms with Crippen LogP contribution in [0.5, 0.6) is 0 Å². The van der Waals surface area contributed by atoms with Gasteiger partial charge in [-0.2, -0.15) is 4.99 Å². The average molecular weight is 250 g/mol. The summed E-state index contributed by atoms with van der Waals surface area (Å²) in [7, 11) is 0. The minimum absolute atomic E-state index is 0.206. The first-order chi connectivity index (χ1) is 8.47. The number of aliphatic imine (C=N–C) groups is 2. The summed E-state index contributed by atoms with van der Waals surface area (Å²) < 4.78 is 13.3. The van der Waals surface area contributed by atoms with Gasteiger partial charge in [0.1, 0.15) is 5.82 Å². The summed E-state index contributed by atoms with van der Waals surface area (Å²) in [6, 6.07) is 2.31. The molecule has 0 radical (unpaired) electrons. The van der Waals surface area contributed by atoms with Crippen LogP contribution in [-0.2, 0) is 6.54 Å². The van der Waals surface area contributed by atoms with Crippen molar-refractivity contribution >= 4 is 23.5 Å². The zero-order valence-electron chi connectivity index (χ0n) is 9.27. The van der Waals surface area contributed by atoms with Gasteiger partial charge in [-0.3, -0.25) is 4.79 Å². The molecule has 2 rings (SSSR count). The fourth-order valence-corrected chi connectivity index (χ4v) is 1.66. The van der Waals surface area contributed by atoms with E-state index in [4.69, 9.17) is 17.2 Å². The number of benzene rings is 1. The standard InChI is InChI=1S/C10H11FN6O/c11-4-1-5-6(3-15-8(5)18)7(2-4)16-10(14)17-9(12)13/h1-2H,3H2,(H,15,18)(H6,12,13,14,16,17). The van der Waals surface area contributed by atoms with Gasteiger partial charge in [-0.15, -0.1) is 0 Å². The highest BCUT2D eigenvalue weighted by atomic mass is 19.1. The van der Waals surface area contributed by atoms with Crippen LogP contribution < -0.4 is 22.5 Å². The number of carbonyl (C=O) groups is 1. The number of hydrogen-bond donors (Lipinski definition) is 4. The number of fused-ring (bicyclic) bond motifs is 1. The van der Waals surface area contributed by atoms with Crippen LogP contribution in [0, 0.1) is 5.82 Å². The van der Waals surface area contributed by atoms with E-state index in [1.54, 1.807) is 0 Å². The molecule has 8 heteroatoms. The number of nitrogens with two attached hydrogens (primary N) is 3. The van der Waals surface area contributed by atoms with Crippen molar-refractivity contribution in [3.63, 3.8) is 0 Å². The number of carbonyl (C=O) groups excluding carboxylic acids is 1. The zero-order chi connectivity index (χ0) is 13.3. The second-order valence-electron chi connectivity index (χ2n) is 3.64. The molecule has 0 unspecified atom stereocenters. The fourth-order valence-electron chi connectivity index (χ4n) is 1.66. The van der Waals surface area contributed by atoms with Gasteiger partial charge in [0.05, 0.1) is 5.69 Å². The molecule has 7 N–H and O–H groups in total. The van der Waals surface area contributed by atoms with Crippen LogP contribution >= 0.6 is 0 Å². The van der Waals surface area contributed by atoms with Crippen molar-refractivity contribution in [1.82, 2.24) is 5.32 Å². The number of halogens is 1. The summed E-state index contributed by atoms with van der Waals surface area (Å²) in [5.74, 6) is -1.39. The van der Waals surface area contributed by atoms with Gasteiger partial charge in [-0.1, -0.05) is 0 Å². The molecular formula is C10H11FN6O. The van der Waals surface area contributed by atoms with Crippen molar-refractivity contribution < 1.29 is 9.18 Å². The SMILES string of the molecule is NC(N)=NC(N)=Nc1cc(F)cc2c1CNC2=O. The molecule has 1 aliphatic heterocycles. The predicted molar refractivity (Wildman–Crippen MR) is 64.7 cm³/mol. The molecule has 0 atom stereocenters. The summed E-state index contributed by atoms with van der Waals surface area (Å²) in [5.41, 5.74) is 16.8. The first-order valence-electron chi connectivity index (χ1n) is 5.02. The second-order valence-corrected chi connectivity index (χ2v) is 3.64. The van der Waals surface area contributed by atoms with E-state index < -0.39 is 5.82 Å². The lowest BCUT2D eigenvalue weighted by molar-refractivity contribution is 0.0965. The largest absolute Gasteiger partial charge is 0.370 e. The Labute approximate surface area is 102 Å². The summed E-state index contributed by atoms with van der Waals surface area (Å²) in [6.45, 7) is 0.266.